The largest absolute Gasteiger partial charge is 0.344 e. The molecule has 0 amide bonds. The van der Waals surface area contributed by atoms with Crippen LogP contribution in [0.1, 0.15) is 29.5 Å². The van der Waals surface area contributed by atoms with Crippen LogP contribution in [0, 0.1) is 13.8 Å². The summed E-state index contributed by atoms with van der Waals surface area (Å²) in [6.07, 6.45) is 2.68. The number of benzene rings is 2. The molecule has 1 fully saturated rings. The molecule has 1 aliphatic carbocycles. The van der Waals surface area contributed by atoms with Crippen LogP contribution in [0.2, 0.25) is 0 Å². The molecule has 0 aromatic heterocycles. The van der Waals surface area contributed by atoms with Crippen LogP contribution in [0.4, 0.5) is 11.4 Å². The Morgan fingerprint density at radius 3 is 2.57 bits per heavy atom. The molecule has 1 N–H and O–H groups in total. The third-order valence-electron chi connectivity index (χ3n) is 4.18. The van der Waals surface area contributed by atoms with Crippen molar-refractivity contribution in [3.05, 3.63) is 59.2 Å². The van der Waals surface area contributed by atoms with Gasteiger partial charge in [-0.2, -0.15) is 0 Å². The van der Waals surface area contributed by atoms with E-state index < -0.39 is 0 Å². The Kier molecular flexibility index (Phi) is 3.98. The van der Waals surface area contributed by atoms with Crippen molar-refractivity contribution in [3.8, 4) is 0 Å². The number of nitrogens with one attached hydrogen (secondary N) is 1. The maximum atomic E-state index is 3.57. The van der Waals surface area contributed by atoms with E-state index in [1.54, 1.807) is 0 Å². The number of hydrogen-bond donors (Lipinski definition) is 1. The first-order valence-corrected chi connectivity index (χ1v) is 7.77. The molecule has 2 aromatic carbocycles. The summed E-state index contributed by atoms with van der Waals surface area (Å²) in [4.78, 5) is 2.26. The first-order chi connectivity index (χ1) is 10.1. The lowest BCUT2D eigenvalue weighted by molar-refractivity contribution is 0.687. The standard InChI is InChI=1S/C19H24N2/c1-14-5-4-6-18(11-14)21(3)19-10-7-16(12-15(19)2)13-20-17-8-9-17/h4-7,10-12,17,20H,8-9,13H2,1-3H3. The van der Waals surface area contributed by atoms with Crippen molar-refractivity contribution in [2.45, 2.75) is 39.3 Å². The van der Waals surface area contributed by atoms with Gasteiger partial charge in [-0.15, -0.1) is 0 Å². The molecule has 0 bridgehead atoms. The van der Waals surface area contributed by atoms with Crippen LogP contribution >= 0.6 is 0 Å². The van der Waals surface area contributed by atoms with Crippen molar-refractivity contribution < 1.29 is 0 Å². The summed E-state index contributed by atoms with van der Waals surface area (Å²) in [5.41, 5.74) is 6.51. The molecule has 110 valence electrons. The van der Waals surface area contributed by atoms with Gasteiger partial charge in [0.15, 0.2) is 0 Å². The Bertz CT molecular complexity index is 629. The third-order valence-corrected chi connectivity index (χ3v) is 4.18. The number of anilines is 2. The molecule has 0 aliphatic heterocycles. The van der Waals surface area contributed by atoms with Gasteiger partial charge in [0.25, 0.3) is 0 Å². The summed E-state index contributed by atoms with van der Waals surface area (Å²) in [5.74, 6) is 0. The first kappa shape index (κ1) is 14.2. The minimum Gasteiger partial charge on any atom is -0.344 e. The lowest BCUT2D eigenvalue weighted by atomic mass is 10.1. The average Bonchev–Trinajstić information content (AvgIpc) is 3.29. The Morgan fingerprint density at radius 2 is 1.90 bits per heavy atom. The van der Waals surface area contributed by atoms with Gasteiger partial charge >= 0.3 is 0 Å². The van der Waals surface area contributed by atoms with Gasteiger partial charge in [-0.25, -0.2) is 0 Å². The van der Waals surface area contributed by atoms with Crippen molar-refractivity contribution in [2.75, 3.05) is 11.9 Å². The molecule has 0 atom stereocenters. The molecule has 2 heteroatoms. The Morgan fingerprint density at radius 1 is 1.10 bits per heavy atom. The summed E-state index contributed by atoms with van der Waals surface area (Å²) in [5, 5.41) is 3.57. The third kappa shape index (κ3) is 3.45. The molecule has 3 rings (SSSR count). The summed E-state index contributed by atoms with van der Waals surface area (Å²) in [6.45, 7) is 5.32. The van der Waals surface area contributed by atoms with Gasteiger partial charge in [0.1, 0.15) is 0 Å². The predicted octanol–water partition coefficient (Wildman–Crippen LogP) is 4.32. The lowest BCUT2D eigenvalue weighted by Crippen LogP contribution is -2.16. The van der Waals surface area contributed by atoms with Gasteiger partial charge in [-0.3, -0.25) is 0 Å². The highest BCUT2D eigenvalue weighted by atomic mass is 15.1. The Labute approximate surface area is 127 Å². The van der Waals surface area contributed by atoms with Gasteiger partial charge < -0.3 is 10.2 Å². The van der Waals surface area contributed by atoms with Gasteiger partial charge in [0, 0.05) is 31.0 Å². The second-order valence-corrected chi connectivity index (χ2v) is 6.17. The molecule has 0 radical (unpaired) electrons. The summed E-state index contributed by atoms with van der Waals surface area (Å²) < 4.78 is 0. The van der Waals surface area contributed by atoms with Crippen molar-refractivity contribution >= 4 is 11.4 Å². The zero-order valence-corrected chi connectivity index (χ0v) is 13.2. The number of hydrogen-bond acceptors (Lipinski definition) is 2. The van der Waals surface area contributed by atoms with Crippen LogP contribution in [-0.2, 0) is 6.54 Å². The topological polar surface area (TPSA) is 15.3 Å². The van der Waals surface area contributed by atoms with E-state index in [1.165, 1.54) is 40.9 Å². The van der Waals surface area contributed by atoms with E-state index in [4.69, 9.17) is 0 Å². The van der Waals surface area contributed by atoms with Crippen molar-refractivity contribution in [3.63, 3.8) is 0 Å². The molecule has 2 nitrogen and oxygen atoms in total. The highest BCUT2D eigenvalue weighted by Crippen LogP contribution is 2.28. The fraction of sp³-hybridized carbons (Fsp3) is 0.368. The monoisotopic (exact) mass is 280 g/mol. The van der Waals surface area contributed by atoms with Gasteiger partial charge in [-0.1, -0.05) is 24.3 Å². The zero-order chi connectivity index (χ0) is 14.8. The second kappa shape index (κ2) is 5.90. The molecule has 21 heavy (non-hydrogen) atoms. The minimum atomic E-state index is 0.764. The summed E-state index contributed by atoms with van der Waals surface area (Å²) in [7, 11) is 2.14. The molecule has 0 unspecified atom stereocenters. The maximum Gasteiger partial charge on any atom is 0.0438 e. The average molecular weight is 280 g/mol. The van der Waals surface area contributed by atoms with E-state index in [1.807, 2.05) is 0 Å². The predicted molar refractivity (Wildman–Crippen MR) is 90.3 cm³/mol. The van der Waals surface area contributed by atoms with E-state index in [2.05, 4.69) is 73.6 Å². The van der Waals surface area contributed by atoms with E-state index in [0.717, 1.165) is 12.6 Å². The number of aryl methyl sites for hydroxylation is 2. The number of nitrogens with zero attached hydrogens (tertiary/aromatic N) is 1. The van der Waals surface area contributed by atoms with Crippen LogP contribution in [0.3, 0.4) is 0 Å². The molecular formula is C19H24N2. The molecule has 1 saturated carbocycles. The Balaban J connectivity index is 1.77. The van der Waals surface area contributed by atoms with E-state index in [-0.39, 0.29) is 0 Å². The smallest absolute Gasteiger partial charge is 0.0438 e. The van der Waals surface area contributed by atoms with Crippen LogP contribution in [0.15, 0.2) is 42.5 Å². The molecule has 0 heterocycles. The van der Waals surface area contributed by atoms with Crippen molar-refractivity contribution in [2.24, 2.45) is 0 Å². The van der Waals surface area contributed by atoms with Crippen molar-refractivity contribution in [1.29, 1.82) is 0 Å². The normalized spacial score (nSPS) is 14.2. The minimum absolute atomic E-state index is 0.764. The van der Waals surface area contributed by atoms with Gasteiger partial charge in [0.2, 0.25) is 0 Å². The highest BCUT2D eigenvalue weighted by Gasteiger charge is 2.20. The summed E-state index contributed by atoms with van der Waals surface area (Å²) in [6, 6.07) is 16.2. The molecular weight excluding hydrogens is 256 g/mol. The number of rotatable bonds is 5. The van der Waals surface area contributed by atoms with E-state index in [9.17, 15) is 0 Å². The highest BCUT2D eigenvalue weighted by molar-refractivity contribution is 5.66. The fourth-order valence-electron chi connectivity index (χ4n) is 2.73. The molecule has 2 aromatic rings. The SMILES string of the molecule is Cc1cccc(N(C)c2ccc(CNC3CC3)cc2C)c1. The zero-order valence-electron chi connectivity index (χ0n) is 13.2. The maximum absolute atomic E-state index is 3.57. The van der Waals surface area contributed by atoms with Crippen molar-refractivity contribution in [1.82, 2.24) is 5.32 Å². The van der Waals surface area contributed by atoms with Crippen LogP contribution in [0.25, 0.3) is 0 Å². The molecule has 0 saturated heterocycles. The fourth-order valence-corrected chi connectivity index (χ4v) is 2.73. The Hall–Kier alpha value is -1.80. The van der Waals surface area contributed by atoms with Crippen LogP contribution < -0.4 is 10.2 Å². The summed E-state index contributed by atoms with van der Waals surface area (Å²) >= 11 is 0. The molecule has 1 aliphatic rings. The van der Waals surface area contributed by atoms with E-state index >= 15 is 0 Å². The van der Waals surface area contributed by atoms with Gasteiger partial charge in [0.05, 0.1) is 0 Å². The quantitative estimate of drug-likeness (QED) is 0.877. The van der Waals surface area contributed by atoms with Gasteiger partial charge in [-0.05, 0) is 61.6 Å². The lowest BCUT2D eigenvalue weighted by Gasteiger charge is -2.22. The first-order valence-electron chi connectivity index (χ1n) is 7.77. The van der Waals surface area contributed by atoms with E-state index in [0.29, 0.717) is 0 Å². The molecule has 0 spiro atoms. The van der Waals surface area contributed by atoms with Crippen LogP contribution in [0.5, 0.6) is 0 Å². The van der Waals surface area contributed by atoms with Crippen LogP contribution in [-0.4, -0.2) is 13.1 Å². The second-order valence-electron chi connectivity index (χ2n) is 6.17.